The molecule has 1 heterocycles. The molecule has 0 aliphatic heterocycles. The lowest BCUT2D eigenvalue weighted by Crippen LogP contribution is -2.40. The molecule has 0 bridgehead atoms. The van der Waals surface area contributed by atoms with E-state index in [1.54, 1.807) is 11.3 Å². The Morgan fingerprint density at radius 3 is 2.48 bits per heavy atom. The first-order chi connectivity index (χ1) is 9.77. The van der Waals surface area contributed by atoms with Crippen LogP contribution in [0.1, 0.15) is 38.6 Å². The van der Waals surface area contributed by atoms with E-state index in [1.807, 2.05) is 58.2 Å². The van der Waals surface area contributed by atoms with E-state index in [9.17, 15) is 4.55 Å². The fraction of sp³-hybridized carbons (Fsp3) is 0.400. The van der Waals surface area contributed by atoms with Gasteiger partial charge in [0.2, 0.25) is 0 Å². The number of nitrogens with zero attached hydrogens (tertiary/aromatic N) is 1. The van der Waals surface area contributed by atoms with Gasteiger partial charge in [-0.1, -0.05) is 23.7 Å². The van der Waals surface area contributed by atoms with Crippen LogP contribution >= 0.6 is 22.9 Å². The molecule has 0 aliphatic carbocycles. The maximum Gasteiger partial charge on any atom is 0.136 e. The Balaban J connectivity index is 2.10. The summed E-state index contributed by atoms with van der Waals surface area (Å²) in [5, 5.41) is 1.66. The Labute approximate surface area is 138 Å². The predicted octanol–water partition coefficient (Wildman–Crippen LogP) is 4.58. The zero-order chi connectivity index (χ0) is 15.6. The fourth-order valence-electron chi connectivity index (χ4n) is 1.61. The van der Waals surface area contributed by atoms with Crippen molar-refractivity contribution < 1.29 is 4.55 Å². The summed E-state index contributed by atoms with van der Waals surface area (Å²) in [6.07, 6.45) is 1.84. The first kappa shape index (κ1) is 16.8. The number of rotatable bonds is 4. The van der Waals surface area contributed by atoms with E-state index in [0.717, 1.165) is 15.4 Å². The van der Waals surface area contributed by atoms with Gasteiger partial charge >= 0.3 is 0 Å². The van der Waals surface area contributed by atoms with Crippen LogP contribution in [0.5, 0.6) is 0 Å². The minimum atomic E-state index is -1.09. The lowest BCUT2D eigenvalue weighted by molar-refractivity contribution is 0.532. The summed E-state index contributed by atoms with van der Waals surface area (Å²) in [6, 6.07) is 7.62. The first-order valence-corrected chi connectivity index (χ1v) is 9.01. The topological polar surface area (TPSA) is 48.0 Å². The Kier molecular flexibility index (Phi) is 5.33. The van der Waals surface area contributed by atoms with Gasteiger partial charge in [0.05, 0.1) is 6.04 Å². The zero-order valence-corrected chi connectivity index (χ0v) is 14.9. The first-order valence-electron chi connectivity index (χ1n) is 6.67. The van der Waals surface area contributed by atoms with Crippen LogP contribution in [0.2, 0.25) is 5.02 Å². The number of hydrogen-bond donors (Lipinski definition) is 1. The highest BCUT2D eigenvalue weighted by atomic mass is 35.5. The Morgan fingerprint density at radius 1 is 1.29 bits per heavy atom. The van der Waals surface area contributed by atoms with Crippen LogP contribution in [0, 0.1) is 0 Å². The van der Waals surface area contributed by atoms with Gasteiger partial charge in [0.25, 0.3) is 0 Å². The van der Waals surface area contributed by atoms with Crippen molar-refractivity contribution in [3.05, 3.63) is 40.4 Å². The predicted molar refractivity (Wildman–Crippen MR) is 92.0 cm³/mol. The molecule has 0 saturated heterocycles. The van der Waals surface area contributed by atoms with Crippen LogP contribution in [0.25, 0.3) is 10.6 Å². The molecule has 1 aromatic heterocycles. The molecular formula is C15H19ClN2OS2. The molecule has 0 spiro atoms. The average molecular weight is 343 g/mol. The van der Waals surface area contributed by atoms with E-state index in [1.165, 1.54) is 0 Å². The van der Waals surface area contributed by atoms with E-state index in [4.69, 9.17) is 11.6 Å². The highest BCUT2D eigenvalue weighted by Gasteiger charge is 2.28. The molecule has 114 valence electrons. The molecule has 0 unspecified atom stereocenters. The molecule has 0 aliphatic rings. The van der Waals surface area contributed by atoms with Gasteiger partial charge in [0.15, 0.2) is 0 Å². The molecule has 0 radical (unpaired) electrons. The number of hydrogen-bond acceptors (Lipinski definition) is 4. The van der Waals surface area contributed by atoms with Crippen molar-refractivity contribution in [1.82, 2.24) is 9.71 Å². The lowest BCUT2D eigenvalue weighted by atomic mass is 10.2. The second-order valence-corrected chi connectivity index (χ2v) is 9.29. The SMILES string of the molecule is C[C@H](N[S@+]([O-])C(C)(C)C)c1cnc(-c2ccc(Cl)cc2)s1. The third kappa shape index (κ3) is 4.44. The molecule has 0 amide bonds. The molecule has 0 fully saturated rings. The number of aromatic nitrogens is 1. The molecule has 21 heavy (non-hydrogen) atoms. The van der Waals surface area contributed by atoms with Gasteiger partial charge in [-0.05, 0) is 39.8 Å². The molecule has 3 nitrogen and oxygen atoms in total. The Bertz CT molecular complexity index is 592. The molecule has 2 rings (SSSR count). The summed E-state index contributed by atoms with van der Waals surface area (Å²) in [5.41, 5.74) is 1.04. The van der Waals surface area contributed by atoms with Crippen molar-refractivity contribution in [2.45, 2.75) is 38.5 Å². The summed E-state index contributed by atoms with van der Waals surface area (Å²) in [5.74, 6) is 0. The molecule has 0 saturated carbocycles. The lowest BCUT2D eigenvalue weighted by Gasteiger charge is -2.25. The van der Waals surface area contributed by atoms with E-state index in [-0.39, 0.29) is 10.8 Å². The van der Waals surface area contributed by atoms with Gasteiger partial charge in [0.1, 0.15) is 9.75 Å². The molecule has 2 aromatic rings. The van der Waals surface area contributed by atoms with Gasteiger partial charge in [-0.25, -0.2) is 4.98 Å². The van der Waals surface area contributed by atoms with Crippen LogP contribution in [-0.2, 0) is 11.4 Å². The highest BCUT2D eigenvalue weighted by molar-refractivity contribution is 7.90. The second kappa shape index (κ2) is 6.67. The van der Waals surface area contributed by atoms with E-state index < -0.39 is 11.4 Å². The standard InChI is InChI=1S/C15H19ClN2OS2/c1-10(18-21(19)15(2,3)4)13-9-17-14(20-13)11-5-7-12(16)8-6-11/h5-10,18H,1-4H3/t10-,21+/m0/s1. The largest absolute Gasteiger partial charge is 0.598 e. The zero-order valence-electron chi connectivity index (χ0n) is 12.5. The molecule has 6 heteroatoms. The smallest absolute Gasteiger partial charge is 0.136 e. The van der Waals surface area contributed by atoms with E-state index >= 15 is 0 Å². The normalized spacial score (nSPS) is 15.0. The Morgan fingerprint density at radius 2 is 1.90 bits per heavy atom. The van der Waals surface area contributed by atoms with E-state index in [0.29, 0.717) is 5.02 Å². The van der Waals surface area contributed by atoms with Gasteiger partial charge < -0.3 is 4.55 Å². The van der Waals surface area contributed by atoms with Crippen LogP contribution in [0.4, 0.5) is 0 Å². The van der Waals surface area contributed by atoms with Crippen LogP contribution in [-0.4, -0.2) is 14.3 Å². The second-order valence-electron chi connectivity index (χ2n) is 5.80. The van der Waals surface area contributed by atoms with Crippen LogP contribution in [0.15, 0.2) is 30.5 Å². The molecule has 1 N–H and O–H groups in total. The summed E-state index contributed by atoms with van der Waals surface area (Å²) >= 11 is 6.40. The molecule has 1 aromatic carbocycles. The number of nitrogens with one attached hydrogen (secondary N) is 1. The van der Waals surface area contributed by atoms with Crippen molar-refractivity contribution in [3.8, 4) is 10.6 Å². The monoisotopic (exact) mass is 342 g/mol. The number of thiazole rings is 1. The summed E-state index contributed by atoms with van der Waals surface area (Å²) in [4.78, 5) is 5.51. The highest BCUT2D eigenvalue weighted by Crippen LogP contribution is 2.30. The third-order valence-corrected chi connectivity index (χ3v) is 6.04. The van der Waals surface area contributed by atoms with Crippen molar-refractivity contribution in [2.75, 3.05) is 0 Å². The van der Waals surface area contributed by atoms with Gasteiger partial charge in [-0.3, -0.25) is 0 Å². The average Bonchev–Trinajstić information content (AvgIpc) is 2.88. The summed E-state index contributed by atoms with van der Waals surface area (Å²) in [7, 11) is 0. The van der Waals surface area contributed by atoms with Crippen LogP contribution in [0.3, 0.4) is 0 Å². The van der Waals surface area contributed by atoms with Crippen molar-refractivity contribution >= 4 is 34.3 Å². The minimum Gasteiger partial charge on any atom is -0.598 e. The van der Waals surface area contributed by atoms with Crippen molar-refractivity contribution in [2.24, 2.45) is 0 Å². The third-order valence-electron chi connectivity index (χ3n) is 2.88. The maximum atomic E-state index is 12.1. The number of benzene rings is 1. The fourth-order valence-corrected chi connectivity index (χ4v) is 3.53. The van der Waals surface area contributed by atoms with Crippen molar-refractivity contribution in [1.29, 1.82) is 0 Å². The Hall–Kier alpha value is -0.590. The molecular weight excluding hydrogens is 324 g/mol. The number of halogens is 1. The van der Waals surface area contributed by atoms with E-state index in [2.05, 4.69) is 9.71 Å². The minimum absolute atomic E-state index is 0.00334. The summed E-state index contributed by atoms with van der Waals surface area (Å²) < 4.78 is 15.0. The van der Waals surface area contributed by atoms with Crippen LogP contribution < -0.4 is 4.72 Å². The van der Waals surface area contributed by atoms with Gasteiger partial charge in [-0.2, -0.15) is 0 Å². The maximum absolute atomic E-state index is 12.1. The summed E-state index contributed by atoms with van der Waals surface area (Å²) in [6.45, 7) is 7.86. The quantitative estimate of drug-likeness (QED) is 0.827. The van der Waals surface area contributed by atoms with Gasteiger partial charge in [0, 0.05) is 33.0 Å². The van der Waals surface area contributed by atoms with Gasteiger partial charge in [-0.15, -0.1) is 16.1 Å². The van der Waals surface area contributed by atoms with Crippen molar-refractivity contribution in [3.63, 3.8) is 0 Å². The molecule has 2 atom stereocenters.